The van der Waals surface area contributed by atoms with Crippen LogP contribution < -0.4 is 9.62 Å². The summed E-state index contributed by atoms with van der Waals surface area (Å²) in [4.78, 5) is 28.8. The van der Waals surface area contributed by atoms with Gasteiger partial charge in [-0.2, -0.15) is 0 Å². The fraction of sp³-hybridized carbons (Fsp3) is 0.333. The summed E-state index contributed by atoms with van der Waals surface area (Å²) in [5.74, 6) is -0.997. The molecule has 1 atom stereocenters. The van der Waals surface area contributed by atoms with Gasteiger partial charge in [0.1, 0.15) is 12.6 Å². The lowest BCUT2D eigenvalue weighted by atomic mass is 9.95. The van der Waals surface area contributed by atoms with Gasteiger partial charge in [0.15, 0.2) is 0 Å². The fourth-order valence-corrected chi connectivity index (χ4v) is 7.45. The quantitative estimate of drug-likeness (QED) is 0.244. The molecule has 224 valence electrons. The standard InChI is InChI=1S/C30H31Cl4N3O4S/c1-20(30(39)35-22-9-4-2-5-10-22)36(18-24-25(32)13-8-14-26(24)33)29(38)19-37(28-16-15-21(31)17-27(28)34)42(40,41)23-11-6-3-7-12-23/h3,6-8,11-17,20,22H,2,4-5,9-10,18-19H2,1H3,(H,35,39)/t20-/m1/s1. The van der Waals surface area contributed by atoms with E-state index in [2.05, 4.69) is 5.32 Å². The lowest BCUT2D eigenvalue weighted by molar-refractivity contribution is -0.139. The van der Waals surface area contributed by atoms with Gasteiger partial charge in [-0.25, -0.2) is 8.42 Å². The van der Waals surface area contributed by atoms with Gasteiger partial charge in [0, 0.05) is 33.2 Å². The minimum Gasteiger partial charge on any atom is -0.352 e. The number of sulfonamides is 1. The van der Waals surface area contributed by atoms with Crippen molar-refractivity contribution in [2.45, 2.75) is 62.6 Å². The van der Waals surface area contributed by atoms with Crippen molar-refractivity contribution in [3.63, 3.8) is 0 Å². The number of amides is 2. The van der Waals surface area contributed by atoms with Crippen LogP contribution in [-0.4, -0.2) is 43.8 Å². The molecule has 42 heavy (non-hydrogen) atoms. The number of nitrogens with one attached hydrogen (secondary N) is 1. The van der Waals surface area contributed by atoms with Crippen molar-refractivity contribution in [1.82, 2.24) is 10.2 Å². The van der Waals surface area contributed by atoms with Crippen LogP contribution in [0.25, 0.3) is 0 Å². The summed E-state index contributed by atoms with van der Waals surface area (Å²) in [6.45, 7) is 0.831. The Morgan fingerprint density at radius 2 is 1.52 bits per heavy atom. The molecule has 7 nitrogen and oxygen atoms in total. The number of anilines is 1. The van der Waals surface area contributed by atoms with Crippen molar-refractivity contribution in [3.05, 3.63) is 92.4 Å². The zero-order chi connectivity index (χ0) is 30.4. The number of benzene rings is 3. The Hall–Kier alpha value is -2.49. The van der Waals surface area contributed by atoms with Gasteiger partial charge in [0.25, 0.3) is 10.0 Å². The monoisotopic (exact) mass is 669 g/mol. The van der Waals surface area contributed by atoms with E-state index in [1.165, 1.54) is 35.2 Å². The molecule has 12 heteroatoms. The molecule has 1 aliphatic rings. The van der Waals surface area contributed by atoms with Gasteiger partial charge in [0.2, 0.25) is 11.8 Å². The maximum Gasteiger partial charge on any atom is 0.264 e. The molecule has 1 N–H and O–H groups in total. The van der Waals surface area contributed by atoms with Crippen LogP contribution >= 0.6 is 46.4 Å². The van der Waals surface area contributed by atoms with Crippen molar-refractivity contribution >= 4 is 73.9 Å². The van der Waals surface area contributed by atoms with Crippen molar-refractivity contribution in [2.75, 3.05) is 10.8 Å². The molecule has 4 rings (SSSR count). The van der Waals surface area contributed by atoms with E-state index < -0.39 is 28.5 Å². The summed E-state index contributed by atoms with van der Waals surface area (Å²) in [6, 6.07) is 16.0. The Morgan fingerprint density at radius 3 is 2.14 bits per heavy atom. The number of nitrogens with zero attached hydrogens (tertiary/aromatic N) is 2. The Morgan fingerprint density at radius 1 is 0.881 bits per heavy atom. The van der Waals surface area contributed by atoms with E-state index in [1.807, 2.05) is 0 Å². The number of carbonyl (C=O) groups is 2. The van der Waals surface area contributed by atoms with Gasteiger partial charge in [-0.1, -0.05) is 89.9 Å². The SMILES string of the molecule is C[C@H](C(=O)NC1CCCCC1)N(Cc1c(Cl)cccc1Cl)C(=O)CN(c1ccc(Cl)cc1Cl)S(=O)(=O)c1ccccc1. The van der Waals surface area contributed by atoms with E-state index >= 15 is 0 Å². The smallest absolute Gasteiger partial charge is 0.264 e. The van der Waals surface area contributed by atoms with Gasteiger partial charge < -0.3 is 10.2 Å². The summed E-state index contributed by atoms with van der Waals surface area (Å²) >= 11 is 25.4. The van der Waals surface area contributed by atoms with E-state index in [9.17, 15) is 18.0 Å². The molecule has 1 saturated carbocycles. The van der Waals surface area contributed by atoms with Crippen molar-refractivity contribution in [1.29, 1.82) is 0 Å². The summed E-state index contributed by atoms with van der Waals surface area (Å²) in [5, 5.41) is 4.03. The second kappa shape index (κ2) is 14.3. The van der Waals surface area contributed by atoms with E-state index in [4.69, 9.17) is 46.4 Å². The fourth-order valence-electron chi connectivity index (χ4n) is 4.92. The normalized spacial score (nSPS) is 14.7. The molecule has 0 aromatic heterocycles. The molecule has 2 amide bonds. The Bertz CT molecular complexity index is 1510. The second-order valence-electron chi connectivity index (χ2n) is 10.2. The second-order valence-corrected chi connectivity index (χ2v) is 13.7. The summed E-state index contributed by atoms with van der Waals surface area (Å²) in [5.41, 5.74) is 0.502. The van der Waals surface area contributed by atoms with E-state index in [-0.39, 0.29) is 34.1 Å². The average molecular weight is 671 g/mol. The largest absolute Gasteiger partial charge is 0.352 e. The van der Waals surface area contributed by atoms with Gasteiger partial charge in [-0.05, 0) is 62.2 Å². The van der Waals surface area contributed by atoms with Crippen LogP contribution in [0.2, 0.25) is 20.1 Å². The Kier molecular flexibility index (Phi) is 11.1. The summed E-state index contributed by atoms with van der Waals surface area (Å²) in [6.07, 6.45) is 4.88. The van der Waals surface area contributed by atoms with Crippen molar-refractivity contribution in [2.24, 2.45) is 0 Å². The summed E-state index contributed by atoms with van der Waals surface area (Å²) < 4.78 is 28.7. The van der Waals surface area contributed by atoms with Crippen LogP contribution in [0.3, 0.4) is 0 Å². The first-order valence-corrected chi connectivity index (χ1v) is 16.5. The topological polar surface area (TPSA) is 86.8 Å². The highest BCUT2D eigenvalue weighted by molar-refractivity contribution is 7.92. The number of halogens is 4. The number of carbonyl (C=O) groups excluding carboxylic acids is 2. The van der Waals surface area contributed by atoms with Gasteiger partial charge in [-0.15, -0.1) is 0 Å². The minimum absolute atomic E-state index is 0.0115. The van der Waals surface area contributed by atoms with E-state index in [0.717, 1.165) is 36.4 Å². The third kappa shape index (κ3) is 7.71. The van der Waals surface area contributed by atoms with Crippen LogP contribution in [-0.2, 0) is 26.2 Å². The molecule has 0 bridgehead atoms. The first kappa shape index (κ1) is 32.4. The lowest BCUT2D eigenvalue weighted by Crippen LogP contribution is -2.53. The van der Waals surface area contributed by atoms with Crippen LogP contribution in [0.15, 0.2) is 71.6 Å². The third-order valence-corrected chi connectivity index (χ3v) is 10.3. The highest BCUT2D eigenvalue weighted by atomic mass is 35.5. The zero-order valence-electron chi connectivity index (χ0n) is 22.9. The van der Waals surface area contributed by atoms with Gasteiger partial charge in [-0.3, -0.25) is 13.9 Å². The molecule has 0 spiro atoms. The zero-order valence-corrected chi connectivity index (χ0v) is 26.7. The highest BCUT2D eigenvalue weighted by Gasteiger charge is 2.34. The van der Waals surface area contributed by atoms with Crippen LogP contribution in [0.4, 0.5) is 5.69 Å². The molecule has 1 aliphatic carbocycles. The van der Waals surface area contributed by atoms with E-state index in [0.29, 0.717) is 20.6 Å². The minimum atomic E-state index is -4.27. The number of rotatable bonds is 10. The molecular formula is C30H31Cl4N3O4S. The predicted molar refractivity (Wildman–Crippen MR) is 169 cm³/mol. The highest BCUT2D eigenvalue weighted by Crippen LogP contribution is 2.33. The first-order chi connectivity index (χ1) is 20.0. The Labute approximate surface area is 266 Å². The van der Waals surface area contributed by atoms with Gasteiger partial charge in [0.05, 0.1) is 15.6 Å². The molecule has 3 aromatic rings. The van der Waals surface area contributed by atoms with Crippen molar-refractivity contribution in [3.8, 4) is 0 Å². The molecule has 1 fully saturated rings. The molecule has 0 heterocycles. The Balaban J connectivity index is 1.72. The number of hydrogen-bond acceptors (Lipinski definition) is 4. The predicted octanol–water partition coefficient (Wildman–Crippen LogP) is 7.36. The van der Waals surface area contributed by atoms with Crippen LogP contribution in [0.5, 0.6) is 0 Å². The van der Waals surface area contributed by atoms with Gasteiger partial charge >= 0.3 is 0 Å². The van der Waals surface area contributed by atoms with Crippen LogP contribution in [0.1, 0.15) is 44.6 Å². The number of hydrogen-bond donors (Lipinski definition) is 1. The average Bonchev–Trinajstić information content (AvgIpc) is 2.96. The molecule has 0 unspecified atom stereocenters. The maximum absolute atomic E-state index is 14.1. The molecule has 0 aliphatic heterocycles. The third-order valence-electron chi connectivity index (χ3n) is 7.30. The summed E-state index contributed by atoms with van der Waals surface area (Å²) in [7, 11) is -4.27. The first-order valence-electron chi connectivity index (χ1n) is 13.5. The van der Waals surface area contributed by atoms with E-state index in [1.54, 1.807) is 43.3 Å². The van der Waals surface area contributed by atoms with Crippen LogP contribution in [0, 0.1) is 0 Å². The molecule has 3 aromatic carbocycles. The van der Waals surface area contributed by atoms with Crippen molar-refractivity contribution < 1.29 is 18.0 Å². The lowest BCUT2D eigenvalue weighted by Gasteiger charge is -2.33. The molecule has 0 saturated heterocycles. The molecular weight excluding hydrogens is 640 g/mol. The maximum atomic E-state index is 14.1. The molecule has 0 radical (unpaired) electrons.